The van der Waals surface area contributed by atoms with Crippen molar-refractivity contribution in [3.05, 3.63) is 30.1 Å². The Morgan fingerprint density at radius 2 is 2.14 bits per heavy atom. The first-order valence-corrected chi connectivity index (χ1v) is 8.32. The lowest BCUT2D eigenvalue weighted by Crippen LogP contribution is -2.43. The fraction of sp³-hybridized carbons (Fsp3) is 0.500. The molecule has 0 spiro atoms. The molecular weight excluding hydrogens is 297 g/mol. The van der Waals surface area contributed by atoms with E-state index in [0.717, 1.165) is 10.4 Å². The third-order valence-electron chi connectivity index (χ3n) is 3.46. The predicted molar refractivity (Wildman–Crippen MR) is 74.5 cm³/mol. The molecule has 1 aliphatic heterocycles. The molecule has 1 heterocycles. The van der Waals surface area contributed by atoms with E-state index in [1.54, 1.807) is 6.92 Å². The maximum Gasteiger partial charge on any atom is 0.310 e. The summed E-state index contributed by atoms with van der Waals surface area (Å²) in [5, 5.41) is 0. The minimum Gasteiger partial charge on any atom is -0.466 e. The second-order valence-corrected chi connectivity index (χ2v) is 6.79. The molecule has 0 bridgehead atoms. The smallest absolute Gasteiger partial charge is 0.310 e. The normalized spacial score (nSPS) is 20.2. The van der Waals surface area contributed by atoms with E-state index < -0.39 is 27.7 Å². The number of carbonyl (C=O) groups is 1. The second kappa shape index (κ2) is 6.53. The number of esters is 1. The highest BCUT2D eigenvalue weighted by molar-refractivity contribution is 7.89. The average molecular weight is 315 g/mol. The summed E-state index contributed by atoms with van der Waals surface area (Å²) in [5.74, 6) is -1.66. The zero-order chi connectivity index (χ0) is 15.5. The summed E-state index contributed by atoms with van der Waals surface area (Å²) in [5.41, 5.74) is 0. The SMILES string of the molecule is CCOC(=O)[C@H]1CCCN(S(=O)(=O)c2ccccc2F)C1. The second-order valence-electron chi connectivity index (χ2n) is 4.88. The van der Waals surface area contributed by atoms with Crippen molar-refractivity contribution in [2.75, 3.05) is 19.7 Å². The Labute approximate surface area is 123 Å². The Bertz CT molecular complexity index is 617. The maximum atomic E-state index is 13.7. The highest BCUT2D eigenvalue weighted by atomic mass is 32.2. The van der Waals surface area contributed by atoms with Gasteiger partial charge in [-0.15, -0.1) is 0 Å². The Balaban J connectivity index is 2.21. The number of carbonyl (C=O) groups excluding carboxylic acids is 1. The first kappa shape index (κ1) is 15.9. The summed E-state index contributed by atoms with van der Waals surface area (Å²) in [7, 11) is -3.92. The minimum atomic E-state index is -3.92. The number of hydrogen-bond acceptors (Lipinski definition) is 4. The molecule has 7 heteroatoms. The minimum absolute atomic E-state index is 0.0372. The van der Waals surface area contributed by atoms with Crippen LogP contribution in [0.25, 0.3) is 0 Å². The molecule has 1 aromatic carbocycles. The van der Waals surface area contributed by atoms with Gasteiger partial charge in [0.25, 0.3) is 0 Å². The van der Waals surface area contributed by atoms with Crippen molar-refractivity contribution in [3.63, 3.8) is 0 Å². The lowest BCUT2D eigenvalue weighted by Gasteiger charge is -2.30. The van der Waals surface area contributed by atoms with Crippen LogP contribution in [0.4, 0.5) is 4.39 Å². The lowest BCUT2D eigenvalue weighted by molar-refractivity contribution is -0.149. The number of rotatable bonds is 4. The zero-order valence-electron chi connectivity index (χ0n) is 11.8. The van der Waals surface area contributed by atoms with E-state index in [9.17, 15) is 17.6 Å². The van der Waals surface area contributed by atoms with E-state index in [0.29, 0.717) is 12.8 Å². The van der Waals surface area contributed by atoms with Crippen LogP contribution >= 0.6 is 0 Å². The number of nitrogens with zero attached hydrogens (tertiary/aromatic N) is 1. The van der Waals surface area contributed by atoms with Crippen LogP contribution < -0.4 is 0 Å². The number of ether oxygens (including phenoxy) is 1. The number of hydrogen-bond donors (Lipinski definition) is 0. The summed E-state index contributed by atoms with van der Waals surface area (Å²) in [6.07, 6.45) is 1.14. The van der Waals surface area contributed by atoms with Crippen LogP contribution in [0, 0.1) is 11.7 Å². The highest BCUT2D eigenvalue weighted by Crippen LogP contribution is 2.25. The van der Waals surface area contributed by atoms with Crippen LogP contribution in [0.1, 0.15) is 19.8 Å². The third kappa shape index (κ3) is 3.41. The van der Waals surface area contributed by atoms with Gasteiger partial charge in [0, 0.05) is 13.1 Å². The van der Waals surface area contributed by atoms with E-state index in [1.807, 2.05) is 0 Å². The molecule has 0 N–H and O–H groups in total. The fourth-order valence-corrected chi connectivity index (χ4v) is 4.00. The molecule has 2 rings (SSSR count). The number of piperidine rings is 1. The molecule has 0 saturated carbocycles. The maximum absolute atomic E-state index is 13.7. The number of sulfonamides is 1. The van der Waals surface area contributed by atoms with Gasteiger partial charge >= 0.3 is 5.97 Å². The zero-order valence-corrected chi connectivity index (χ0v) is 12.6. The first-order valence-electron chi connectivity index (χ1n) is 6.88. The van der Waals surface area contributed by atoms with Crippen LogP contribution in [-0.4, -0.2) is 38.4 Å². The molecule has 1 fully saturated rings. The standard InChI is InChI=1S/C14H18FNO4S/c1-2-20-14(17)11-6-5-9-16(10-11)21(18,19)13-8-4-3-7-12(13)15/h3-4,7-8,11H,2,5-6,9-10H2,1H3/t11-/m0/s1. The summed E-state index contributed by atoms with van der Waals surface area (Å²) in [6.45, 7) is 2.28. The van der Waals surface area contributed by atoms with Crippen molar-refractivity contribution < 1.29 is 22.3 Å². The van der Waals surface area contributed by atoms with Crippen molar-refractivity contribution in [1.82, 2.24) is 4.31 Å². The Morgan fingerprint density at radius 1 is 1.43 bits per heavy atom. The molecule has 1 atom stereocenters. The van der Waals surface area contributed by atoms with Gasteiger partial charge in [0.05, 0.1) is 12.5 Å². The van der Waals surface area contributed by atoms with Gasteiger partial charge in [-0.1, -0.05) is 12.1 Å². The Morgan fingerprint density at radius 3 is 2.81 bits per heavy atom. The van der Waals surface area contributed by atoms with Crippen molar-refractivity contribution >= 4 is 16.0 Å². The van der Waals surface area contributed by atoms with E-state index >= 15 is 0 Å². The van der Waals surface area contributed by atoms with Gasteiger partial charge in [-0.25, -0.2) is 12.8 Å². The molecule has 0 aliphatic carbocycles. The molecule has 1 aromatic rings. The van der Waals surface area contributed by atoms with Crippen LogP contribution in [0.3, 0.4) is 0 Å². The number of halogens is 1. The predicted octanol–water partition coefficient (Wildman–Crippen LogP) is 1.79. The Hall–Kier alpha value is -1.47. The van der Waals surface area contributed by atoms with Gasteiger partial charge in [0.2, 0.25) is 10.0 Å². The van der Waals surface area contributed by atoms with Crippen LogP contribution in [0.2, 0.25) is 0 Å². The quantitative estimate of drug-likeness (QED) is 0.795. The average Bonchev–Trinajstić information content (AvgIpc) is 2.48. The summed E-state index contributed by atoms with van der Waals surface area (Å²) >= 11 is 0. The van der Waals surface area contributed by atoms with Crippen LogP contribution in [0.5, 0.6) is 0 Å². The van der Waals surface area contributed by atoms with Crippen LogP contribution in [0.15, 0.2) is 29.2 Å². The molecule has 0 aromatic heterocycles. The molecule has 0 amide bonds. The van der Waals surface area contributed by atoms with Gasteiger partial charge < -0.3 is 4.74 Å². The van der Waals surface area contributed by atoms with Gasteiger partial charge in [-0.05, 0) is 31.9 Å². The third-order valence-corrected chi connectivity index (χ3v) is 5.36. The molecule has 116 valence electrons. The molecule has 0 radical (unpaired) electrons. The van der Waals surface area contributed by atoms with Crippen molar-refractivity contribution in [2.24, 2.45) is 5.92 Å². The Kier molecular flexibility index (Phi) is 4.95. The monoisotopic (exact) mass is 315 g/mol. The van der Waals surface area contributed by atoms with E-state index in [-0.39, 0.29) is 24.6 Å². The molecule has 1 aliphatic rings. The molecule has 21 heavy (non-hydrogen) atoms. The van der Waals surface area contributed by atoms with E-state index in [2.05, 4.69) is 0 Å². The van der Waals surface area contributed by atoms with E-state index in [4.69, 9.17) is 4.74 Å². The molecular formula is C14H18FNO4S. The fourth-order valence-electron chi connectivity index (χ4n) is 2.41. The lowest BCUT2D eigenvalue weighted by atomic mass is 10.0. The summed E-state index contributed by atoms with van der Waals surface area (Å²) < 4.78 is 44.8. The van der Waals surface area contributed by atoms with Gasteiger partial charge in [-0.2, -0.15) is 4.31 Å². The molecule has 5 nitrogen and oxygen atoms in total. The highest BCUT2D eigenvalue weighted by Gasteiger charge is 2.35. The van der Waals surface area contributed by atoms with Crippen molar-refractivity contribution in [3.8, 4) is 0 Å². The van der Waals surface area contributed by atoms with Crippen LogP contribution in [-0.2, 0) is 19.6 Å². The van der Waals surface area contributed by atoms with Crippen molar-refractivity contribution in [1.29, 1.82) is 0 Å². The number of benzene rings is 1. The van der Waals surface area contributed by atoms with Gasteiger partial charge in [0.15, 0.2) is 0 Å². The van der Waals surface area contributed by atoms with Gasteiger partial charge in [0.1, 0.15) is 10.7 Å². The molecule has 1 saturated heterocycles. The topological polar surface area (TPSA) is 63.7 Å². The summed E-state index contributed by atoms with van der Waals surface area (Å²) in [4.78, 5) is 11.4. The first-order chi connectivity index (χ1) is 9.96. The van der Waals surface area contributed by atoms with Crippen molar-refractivity contribution in [2.45, 2.75) is 24.7 Å². The largest absolute Gasteiger partial charge is 0.466 e. The summed E-state index contributed by atoms with van der Waals surface area (Å²) in [6, 6.07) is 5.26. The van der Waals surface area contributed by atoms with Gasteiger partial charge in [-0.3, -0.25) is 4.79 Å². The van der Waals surface area contributed by atoms with E-state index in [1.165, 1.54) is 18.2 Å². The molecule has 0 unspecified atom stereocenters.